The SMILES string of the molecule is Cc1cc(C)c(-c2cc(=O)[nH]c(C3CC3)n2)cc1C. The van der Waals surface area contributed by atoms with Crippen molar-refractivity contribution in [1.82, 2.24) is 9.97 Å². The maximum atomic E-state index is 11.8. The molecule has 0 atom stereocenters. The summed E-state index contributed by atoms with van der Waals surface area (Å²) in [6, 6.07) is 5.89. The second-order valence-corrected chi connectivity index (χ2v) is 5.54. The molecule has 0 amide bonds. The van der Waals surface area contributed by atoms with Gasteiger partial charge in [0.05, 0.1) is 5.69 Å². The molecule has 1 aromatic carbocycles. The molecule has 2 aromatic rings. The molecule has 19 heavy (non-hydrogen) atoms. The van der Waals surface area contributed by atoms with Crippen LogP contribution in [-0.2, 0) is 0 Å². The monoisotopic (exact) mass is 254 g/mol. The second kappa shape index (κ2) is 4.34. The fourth-order valence-corrected chi connectivity index (χ4v) is 2.40. The van der Waals surface area contributed by atoms with E-state index >= 15 is 0 Å². The van der Waals surface area contributed by atoms with E-state index in [1.54, 1.807) is 6.07 Å². The summed E-state index contributed by atoms with van der Waals surface area (Å²) in [6.07, 6.45) is 2.27. The number of hydrogen-bond acceptors (Lipinski definition) is 2. The zero-order valence-corrected chi connectivity index (χ0v) is 11.6. The lowest BCUT2D eigenvalue weighted by Crippen LogP contribution is -2.10. The fourth-order valence-electron chi connectivity index (χ4n) is 2.40. The van der Waals surface area contributed by atoms with Crippen molar-refractivity contribution in [3.63, 3.8) is 0 Å². The van der Waals surface area contributed by atoms with Crippen molar-refractivity contribution in [2.24, 2.45) is 0 Å². The zero-order chi connectivity index (χ0) is 13.6. The van der Waals surface area contributed by atoms with Gasteiger partial charge in [0.25, 0.3) is 5.56 Å². The third-order valence-corrected chi connectivity index (χ3v) is 3.84. The Balaban J connectivity index is 2.16. The quantitative estimate of drug-likeness (QED) is 0.894. The molecule has 0 aliphatic heterocycles. The lowest BCUT2D eigenvalue weighted by Gasteiger charge is -2.10. The fraction of sp³-hybridized carbons (Fsp3) is 0.375. The first-order valence-electron chi connectivity index (χ1n) is 6.74. The van der Waals surface area contributed by atoms with Crippen molar-refractivity contribution < 1.29 is 0 Å². The Morgan fingerprint density at radius 3 is 2.42 bits per heavy atom. The molecule has 0 spiro atoms. The van der Waals surface area contributed by atoms with Crippen LogP contribution in [0, 0.1) is 20.8 Å². The smallest absolute Gasteiger partial charge is 0.251 e. The average molecular weight is 254 g/mol. The molecule has 0 saturated heterocycles. The molecule has 0 unspecified atom stereocenters. The molecule has 1 saturated carbocycles. The number of H-pyrrole nitrogens is 1. The summed E-state index contributed by atoms with van der Waals surface area (Å²) >= 11 is 0. The molecule has 1 fully saturated rings. The lowest BCUT2D eigenvalue weighted by molar-refractivity contribution is 0.911. The van der Waals surface area contributed by atoms with Crippen molar-refractivity contribution in [3.05, 3.63) is 51.1 Å². The molecule has 3 rings (SSSR count). The molecule has 3 nitrogen and oxygen atoms in total. The summed E-state index contributed by atoms with van der Waals surface area (Å²) in [4.78, 5) is 19.3. The first kappa shape index (κ1) is 12.2. The Bertz CT molecular complexity index is 696. The van der Waals surface area contributed by atoms with Crippen LogP contribution in [0.25, 0.3) is 11.3 Å². The predicted octanol–water partition coefficient (Wildman–Crippen LogP) is 3.24. The van der Waals surface area contributed by atoms with Crippen molar-refractivity contribution in [3.8, 4) is 11.3 Å². The number of aryl methyl sites for hydroxylation is 3. The van der Waals surface area contributed by atoms with Crippen LogP contribution in [0.2, 0.25) is 0 Å². The van der Waals surface area contributed by atoms with E-state index in [4.69, 9.17) is 0 Å². The van der Waals surface area contributed by atoms with Crippen molar-refractivity contribution in [2.75, 3.05) is 0 Å². The molecule has 98 valence electrons. The molecule has 1 N–H and O–H groups in total. The highest BCUT2D eigenvalue weighted by molar-refractivity contribution is 5.65. The van der Waals surface area contributed by atoms with Crippen LogP contribution in [-0.4, -0.2) is 9.97 Å². The first-order chi connectivity index (χ1) is 9.04. The van der Waals surface area contributed by atoms with Gasteiger partial charge in [-0.2, -0.15) is 0 Å². The van der Waals surface area contributed by atoms with Gasteiger partial charge in [0.15, 0.2) is 0 Å². The van der Waals surface area contributed by atoms with Gasteiger partial charge >= 0.3 is 0 Å². The van der Waals surface area contributed by atoms with E-state index in [0.717, 1.165) is 29.9 Å². The topological polar surface area (TPSA) is 45.8 Å². The van der Waals surface area contributed by atoms with Gasteiger partial charge in [-0.05, 0) is 56.4 Å². The van der Waals surface area contributed by atoms with Gasteiger partial charge < -0.3 is 4.98 Å². The predicted molar refractivity (Wildman–Crippen MR) is 76.5 cm³/mol. The van der Waals surface area contributed by atoms with Crippen LogP contribution >= 0.6 is 0 Å². The molecular weight excluding hydrogens is 236 g/mol. The number of rotatable bonds is 2. The van der Waals surface area contributed by atoms with E-state index in [0.29, 0.717) is 5.92 Å². The summed E-state index contributed by atoms with van der Waals surface area (Å²) in [6.45, 7) is 6.27. The van der Waals surface area contributed by atoms with Crippen LogP contribution in [0.5, 0.6) is 0 Å². The van der Waals surface area contributed by atoms with E-state index in [1.165, 1.54) is 16.7 Å². The molecule has 1 aromatic heterocycles. The number of nitrogens with zero attached hydrogens (tertiary/aromatic N) is 1. The Morgan fingerprint density at radius 1 is 1.05 bits per heavy atom. The van der Waals surface area contributed by atoms with E-state index in [9.17, 15) is 4.79 Å². The van der Waals surface area contributed by atoms with Gasteiger partial charge in [0.1, 0.15) is 5.82 Å². The second-order valence-electron chi connectivity index (χ2n) is 5.54. The van der Waals surface area contributed by atoms with Crippen LogP contribution in [0.3, 0.4) is 0 Å². The third kappa shape index (κ3) is 2.33. The van der Waals surface area contributed by atoms with E-state index < -0.39 is 0 Å². The summed E-state index contributed by atoms with van der Waals surface area (Å²) in [7, 11) is 0. The summed E-state index contributed by atoms with van der Waals surface area (Å²) in [5.74, 6) is 1.31. The highest BCUT2D eigenvalue weighted by atomic mass is 16.1. The van der Waals surface area contributed by atoms with Gasteiger partial charge in [-0.1, -0.05) is 6.07 Å². The largest absolute Gasteiger partial charge is 0.310 e. The average Bonchev–Trinajstić information content (AvgIpc) is 3.17. The van der Waals surface area contributed by atoms with Crippen LogP contribution < -0.4 is 5.56 Å². The molecule has 1 aliphatic rings. The summed E-state index contributed by atoms with van der Waals surface area (Å²) in [5.41, 5.74) is 5.49. The summed E-state index contributed by atoms with van der Waals surface area (Å²) in [5, 5.41) is 0. The Hall–Kier alpha value is -1.90. The Morgan fingerprint density at radius 2 is 1.74 bits per heavy atom. The molecule has 1 heterocycles. The lowest BCUT2D eigenvalue weighted by atomic mass is 9.98. The van der Waals surface area contributed by atoms with Gasteiger partial charge in [0, 0.05) is 17.5 Å². The van der Waals surface area contributed by atoms with Crippen molar-refractivity contribution in [2.45, 2.75) is 39.5 Å². The Labute approximate surface area is 112 Å². The number of nitrogens with one attached hydrogen (secondary N) is 1. The van der Waals surface area contributed by atoms with E-state index in [2.05, 4.69) is 42.9 Å². The minimum atomic E-state index is -0.0514. The van der Waals surface area contributed by atoms with Gasteiger partial charge in [0.2, 0.25) is 0 Å². The standard InChI is InChI=1S/C16H18N2O/c1-9-6-11(3)13(7-10(9)2)14-8-15(19)18-16(17-14)12-4-5-12/h6-8,12H,4-5H2,1-3H3,(H,17,18,19). The maximum Gasteiger partial charge on any atom is 0.251 e. The van der Waals surface area contributed by atoms with Crippen LogP contribution in [0.1, 0.15) is 41.3 Å². The molecule has 3 heteroatoms. The third-order valence-electron chi connectivity index (χ3n) is 3.84. The molecular formula is C16H18N2O. The number of benzene rings is 1. The van der Waals surface area contributed by atoms with Gasteiger partial charge in [-0.25, -0.2) is 4.98 Å². The Kier molecular flexibility index (Phi) is 2.77. The van der Waals surface area contributed by atoms with Crippen LogP contribution in [0.4, 0.5) is 0 Å². The molecule has 1 aliphatic carbocycles. The highest BCUT2D eigenvalue weighted by Crippen LogP contribution is 2.38. The van der Waals surface area contributed by atoms with E-state index in [-0.39, 0.29) is 5.56 Å². The first-order valence-corrected chi connectivity index (χ1v) is 6.74. The van der Waals surface area contributed by atoms with Crippen molar-refractivity contribution in [1.29, 1.82) is 0 Å². The van der Waals surface area contributed by atoms with Crippen molar-refractivity contribution >= 4 is 0 Å². The normalized spacial score (nSPS) is 14.7. The highest BCUT2D eigenvalue weighted by Gasteiger charge is 2.26. The summed E-state index contributed by atoms with van der Waals surface area (Å²) < 4.78 is 0. The maximum absolute atomic E-state index is 11.8. The minimum Gasteiger partial charge on any atom is -0.310 e. The van der Waals surface area contributed by atoms with E-state index in [1.807, 2.05) is 0 Å². The number of hydrogen-bond donors (Lipinski definition) is 1. The molecule has 0 radical (unpaired) electrons. The van der Waals surface area contributed by atoms with Gasteiger partial charge in [-0.15, -0.1) is 0 Å². The van der Waals surface area contributed by atoms with Gasteiger partial charge in [-0.3, -0.25) is 4.79 Å². The number of aromatic nitrogens is 2. The zero-order valence-electron chi connectivity index (χ0n) is 11.6. The number of aromatic amines is 1. The molecule has 0 bridgehead atoms. The van der Waals surface area contributed by atoms with Crippen LogP contribution in [0.15, 0.2) is 23.0 Å². The minimum absolute atomic E-state index is 0.0514.